The first-order valence-corrected chi connectivity index (χ1v) is 9.35. The van der Waals surface area contributed by atoms with Crippen LogP contribution in [0.15, 0.2) is 53.1 Å². The number of aromatic nitrogens is 2. The molecule has 1 unspecified atom stereocenters. The van der Waals surface area contributed by atoms with Crippen LogP contribution in [0.2, 0.25) is 0 Å². The molecule has 0 aliphatic carbocycles. The van der Waals surface area contributed by atoms with Crippen molar-refractivity contribution in [2.75, 3.05) is 6.54 Å². The van der Waals surface area contributed by atoms with Crippen LogP contribution in [0.5, 0.6) is 0 Å². The quantitative estimate of drug-likeness (QED) is 0.697. The van der Waals surface area contributed by atoms with Gasteiger partial charge in [-0.05, 0) is 43.4 Å². The van der Waals surface area contributed by atoms with Crippen LogP contribution in [-0.2, 0) is 6.42 Å². The van der Waals surface area contributed by atoms with Crippen molar-refractivity contribution in [3.63, 3.8) is 0 Å². The van der Waals surface area contributed by atoms with Crippen molar-refractivity contribution in [2.24, 2.45) is 0 Å². The molecule has 0 spiro atoms. The fourth-order valence-electron chi connectivity index (χ4n) is 3.75. The van der Waals surface area contributed by atoms with Crippen LogP contribution in [0.1, 0.15) is 57.8 Å². The summed E-state index contributed by atoms with van der Waals surface area (Å²) in [7, 11) is 0. The first kappa shape index (κ1) is 17.5. The van der Waals surface area contributed by atoms with E-state index in [4.69, 9.17) is 4.42 Å². The first-order chi connectivity index (χ1) is 13.1. The summed E-state index contributed by atoms with van der Waals surface area (Å²) in [6, 6.07) is 14.5. The molecule has 0 bridgehead atoms. The first-order valence-electron chi connectivity index (χ1n) is 9.35. The standard InChI is InChI=1S/C22H23N3O2/c1-15-21(27-16(2)24-15)22(26)25-12-6-9-20(25)19-11-10-18(14-23-19)13-17-7-4-3-5-8-17/h3-5,7-8,10-11,14,20H,6,9,12-13H2,1-2H3. The number of carbonyl (C=O) groups excluding carboxylic acids is 1. The third-order valence-corrected chi connectivity index (χ3v) is 5.05. The SMILES string of the molecule is Cc1nc(C)c(C(=O)N2CCCC2c2ccc(Cc3ccccc3)cn2)o1. The molecule has 1 saturated heterocycles. The second-order valence-electron chi connectivity index (χ2n) is 7.06. The molecule has 1 aromatic carbocycles. The van der Waals surface area contributed by atoms with Gasteiger partial charge in [0.1, 0.15) is 0 Å². The molecule has 5 nitrogen and oxygen atoms in total. The van der Waals surface area contributed by atoms with Crippen LogP contribution >= 0.6 is 0 Å². The average molecular weight is 361 g/mol. The maximum absolute atomic E-state index is 12.9. The van der Waals surface area contributed by atoms with E-state index in [2.05, 4.69) is 28.2 Å². The molecule has 1 atom stereocenters. The number of nitrogens with zero attached hydrogens (tertiary/aromatic N) is 3. The Morgan fingerprint density at radius 3 is 2.63 bits per heavy atom. The predicted molar refractivity (Wildman–Crippen MR) is 102 cm³/mol. The van der Waals surface area contributed by atoms with Gasteiger partial charge in [-0.1, -0.05) is 36.4 Å². The van der Waals surface area contributed by atoms with Gasteiger partial charge in [-0.2, -0.15) is 0 Å². The molecule has 3 aromatic rings. The lowest BCUT2D eigenvalue weighted by atomic mass is 10.0. The lowest BCUT2D eigenvalue weighted by Gasteiger charge is -2.23. The average Bonchev–Trinajstić information content (AvgIpc) is 3.29. The number of aryl methyl sites for hydroxylation is 2. The van der Waals surface area contributed by atoms with Crippen LogP contribution in [-0.4, -0.2) is 27.3 Å². The van der Waals surface area contributed by atoms with Crippen molar-refractivity contribution >= 4 is 5.91 Å². The van der Waals surface area contributed by atoms with Crippen molar-refractivity contribution in [3.8, 4) is 0 Å². The molecule has 5 heteroatoms. The molecule has 1 fully saturated rings. The van der Waals surface area contributed by atoms with Crippen LogP contribution in [0.3, 0.4) is 0 Å². The fourth-order valence-corrected chi connectivity index (χ4v) is 3.75. The molecule has 4 rings (SSSR count). The van der Waals surface area contributed by atoms with Gasteiger partial charge in [0.15, 0.2) is 5.89 Å². The van der Waals surface area contributed by atoms with E-state index in [-0.39, 0.29) is 11.9 Å². The summed E-state index contributed by atoms with van der Waals surface area (Å²) in [5.41, 5.74) is 4.02. The number of pyridine rings is 1. The number of hydrogen-bond acceptors (Lipinski definition) is 4. The Labute approximate surface area is 159 Å². The maximum Gasteiger partial charge on any atom is 0.292 e. The van der Waals surface area contributed by atoms with E-state index >= 15 is 0 Å². The Kier molecular flexibility index (Phi) is 4.75. The van der Waals surface area contributed by atoms with Crippen molar-refractivity contribution in [2.45, 2.75) is 39.2 Å². The Morgan fingerprint density at radius 1 is 1.15 bits per heavy atom. The van der Waals surface area contributed by atoms with E-state index in [0.717, 1.165) is 31.5 Å². The lowest BCUT2D eigenvalue weighted by Crippen LogP contribution is -2.31. The molecule has 0 saturated carbocycles. The van der Waals surface area contributed by atoms with E-state index in [1.54, 1.807) is 6.92 Å². The van der Waals surface area contributed by atoms with Gasteiger partial charge in [-0.15, -0.1) is 0 Å². The second-order valence-corrected chi connectivity index (χ2v) is 7.06. The molecule has 1 amide bonds. The molecule has 3 heterocycles. The van der Waals surface area contributed by atoms with E-state index in [1.807, 2.05) is 42.3 Å². The van der Waals surface area contributed by atoms with Gasteiger partial charge in [-0.25, -0.2) is 4.98 Å². The minimum Gasteiger partial charge on any atom is -0.436 e. The zero-order chi connectivity index (χ0) is 18.8. The highest BCUT2D eigenvalue weighted by Crippen LogP contribution is 2.32. The van der Waals surface area contributed by atoms with Gasteiger partial charge in [0, 0.05) is 19.7 Å². The largest absolute Gasteiger partial charge is 0.436 e. The lowest BCUT2D eigenvalue weighted by molar-refractivity contribution is 0.0698. The van der Waals surface area contributed by atoms with Gasteiger partial charge in [0.25, 0.3) is 5.91 Å². The highest BCUT2D eigenvalue weighted by atomic mass is 16.4. The van der Waals surface area contributed by atoms with E-state index < -0.39 is 0 Å². The van der Waals surface area contributed by atoms with Crippen molar-refractivity contribution < 1.29 is 9.21 Å². The molecule has 138 valence electrons. The molecule has 2 aromatic heterocycles. The minimum atomic E-state index is -0.0919. The third-order valence-electron chi connectivity index (χ3n) is 5.05. The molecule has 0 N–H and O–H groups in total. The van der Waals surface area contributed by atoms with Gasteiger partial charge in [-0.3, -0.25) is 9.78 Å². The van der Waals surface area contributed by atoms with Crippen LogP contribution < -0.4 is 0 Å². The number of hydrogen-bond donors (Lipinski definition) is 0. The number of benzene rings is 1. The molecule has 27 heavy (non-hydrogen) atoms. The van der Waals surface area contributed by atoms with E-state index in [0.29, 0.717) is 17.3 Å². The van der Waals surface area contributed by atoms with E-state index in [9.17, 15) is 4.79 Å². The van der Waals surface area contributed by atoms with Crippen molar-refractivity contribution in [1.29, 1.82) is 0 Å². The van der Waals surface area contributed by atoms with Crippen LogP contribution in [0, 0.1) is 13.8 Å². The van der Waals surface area contributed by atoms with Crippen molar-refractivity contribution in [1.82, 2.24) is 14.9 Å². The van der Waals surface area contributed by atoms with Gasteiger partial charge in [0.2, 0.25) is 5.76 Å². The van der Waals surface area contributed by atoms with Crippen molar-refractivity contribution in [3.05, 3.63) is 82.8 Å². The van der Waals surface area contributed by atoms with Gasteiger partial charge in [0.05, 0.1) is 17.4 Å². The summed E-state index contributed by atoms with van der Waals surface area (Å²) < 4.78 is 5.54. The number of carbonyl (C=O) groups is 1. The summed E-state index contributed by atoms with van der Waals surface area (Å²) in [5.74, 6) is 0.779. The minimum absolute atomic E-state index is 0.00641. The molecular formula is C22H23N3O2. The normalized spacial score (nSPS) is 16.7. The summed E-state index contributed by atoms with van der Waals surface area (Å²) >= 11 is 0. The monoisotopic (exact) mass is 361 g/mol. The summed E-state index contributed by atoms with van der Waals surface area (Å²) in [4.78, 5) is 23.7. The molecular weight excluding hydrogens is 338 g/mol. The highest BCUT2D eigenvalue weighted by molar-refractivity contribution is 5.93. The Hall–Kier alpha value is -2.95. The Balaban J connectivity index is 1.52. The number of oxazole rings is 1. The topological polar surface area (TPSA) is 59.2 Å². The zero-order valence-corrected chi connectivity index (χ0v) is 15.7. The predicted octanol–water partition coefficient (Wildman–Crippen LogP) is 4.25. The maximum atomic E-state index is 12.9. The third kappa shape index (κ3) is 3.63. The molecule has 1 aliphatic heterocycles. The highest BCUT2D eigenvalue weighted by Gasteiger charge is 2.34. The van der Waals surface area contributed by atoms with Crippen LogP contribution in [0.25, 0.3) is 0 Å². The number of likely N-dealkylation sites (tertiary alicyclic amines) is 1. The smallest absolute Gasteiger partial charge is 0.292 e. The summed E-state index contributed by atoms with van der Waals surface area (Å²) in [5, 5.41) is 0. The van der Waals surface area contributed by atoms with E-state index in [1.165, 1.54) is 11.1 Å². The number of amides is 1. The Morgan fingerprint density at radius 2 is 1.96 bits per heavy atom. The summed E-state index contributed by atoms with van der Waals surface area (Å²) in [6.07, 6.45) is 4.67. The zero-order valence-electron chi connectivity index (χ0n) is 15.7. The fraction of sp³-hybridized carbons (Fsp3) is 0.318. The molecule has 0 radical (unpaired) electrons. The number of rotatable bonds is 4. The summed E-state index contributed by atoms with van der Waals surface area (Å²) in [6.45, 7) is 4.29. The molecule has 1 aliphatic rings. The van der Waals surface area contributed by atoms with Gasteiger partial charge >= 0.3 is 0 Å². The van der Waals surface area contributed by atoms with Crippen LogP contribution in [0.4, 0.5) is 0 Å². The Bertz CT molecular complexity index is 932. The van der Waals surface area contributed by atoms with Gasteiger partial charge < -0.3 is 9.32 Å². The second kappa shape index (κ2) is 7.35.